The molecule has 0 spiro atoms. The van der Waals surface area contributed by atoms with Crippen LogP contribution in [0.2, 0.25) is 0 Å². The zero-order valence-corrected chi connectivity index (χ0v) is 8.61. The summed E-state index contributed by atoms with van der Waals surface area (Å²) in [6.45, 7) is 0. The molecule has 0 heterocycles. The van der Waals surface area contributed by atoms with Gasteiger partial charge in [-0.1, -0.05) is 19.3 Å². The van der Waals surface area contributed by atoms with Crippen LogP contribution in [0.15, 0.2) is 0 Å². The average molecular weight is 190 g/mol. The highest BCUT2D eigenvalue weighted by Crippen LogP contribution is 2.06. The van der Waals surface area contributed by atoms with Gasteiger partial charge in [0, 0.05) is 6.42 Å². The van der Waals surface area contributed by atoms with Gasteiger partial charge in [-0.3, -0.25) is 4.79 Å². The molecule has 0 aromatic heterocycles. The monoisotopic (exact) mass is 190 g/mol. The predicted molar refractivity (Wildman–Crippen MR) is 53.6 cm³/mol. The maximum Gasteiger partial charge on any atom is 0.305 e. The van der Waals surface area contributed by atoms with Crippen LogP contribution >= 0.6 is 12.6 Å². The number of unbranched alkanes of at least 4 members (excludes halogenated alkanes) is 4. The lowest BCUT2D eigenvalue weighted by atomic mass is 10.1. The van der Waals surface area contributed by atoms with E-state index in [0.717, 1.165) is 18.6 Å². The Morgan fingerprint density at radius 1 is 1.17 bits per heavy atom. The summed E-state index contributed by atoms with van der Waals surface area (Å²) in [6.07, 6.45) is 6.27. The molecule has 2 nitrogen and oxygen atoms in total. The highest BCUT2D eigenvalue weighted by Gasteiger charge is 1.98. The minimum absolute atomic E-state index is 0.0933. The van der Waals surface area contributed by atoms with Gasteiger partial charge in [0.1, 0.15) is 0 Å². The Morgan fingerprint density at radius 2 is 1.75 bits per heavy atom. The molecule has 0 unspecified atom stereocenters. The molecular formula is C9H18O2S. The molecule has 0 aliphatic carbocycles. The van der Waals surface area contributed by atoms with Crippen LogP contribution in [0, 0.1) is 0 Å². The van der Waals surface area contributed by atoms with Crippen LogP contribution in [0.25, 0.3) is 0 Å². The van der Waals surface area contributed by atoms with Crippen molar-refractivity contribution in [2.75, 3.05) is 12.9 Å². The summed E-state index contributed by atoms with van der Waals surface area (Å²) in [5.74, 6) is 0.876. The fourth-order valence-corrected chi connectivity index (χ4v) is 1.24. The van der Waals surface area contributed by atoms with Gasteiger partial charge in [-0.05, 0) is 18.6 Å². The highest BCUT2D eigenvalue weighted by molar-refractivity contribution is 7.80. The molecule has 0 amide bonds. The van der Waals surface area contributed by atoms with Crippen molar-refractivity contribution in [3.63, 3.8) is 0 Å². The van der Waals surface area contributed by atoms with Crippen molar-refractivity contribution in [3.05, 3.63) is 0 Å². The summed E-state index contributed by atoms with van der Waals surface area (Å²) in [7, 11) is 1.43. The molecule has 0 saturated carbocycles. The average Bonchev–Trinajstić information content (AvgIpc) is 2.10. The number of esters is 1. The summed E-state index contributed by atoms with van der Waals surface area (Å²) < 4.78 is 4.53. The molecule has 0 radical (unpaired) electrons. The first-order valence-electron chi connectivity index (χ1n) is 4.49. The molecular weight excluding hydrogens is 172 g/mol. The number of rotatable bonds is 7. The van der Waals surface area contributed by atoms with Gasteiger partial charge in [0.05, 0.1) is 7.11 Å². The summed E-state index contributed by atoms with van der Waals surface area (Å²) in [5.41, 5.74) is 0. The molecule has 0 N–H and O–H groups in total. The smallest absolute Gasteiger partial charge is 0.305 e. The second-order valence-electron chi connectivity index (χ2n) is 2.82. The maximum absolute atomic E-state index is 10.7. The Kier molecular flexibility index (Phi) is 8.78. The molecule has 0 aliphatic heterocycles. The quantitative estimate of drug-likeness (QED) is 0.379. The zero-order chi connectivity index (χ0) is 9.23. The Morgan fingerprint density at radius 3 is 2.33 bits per heavy atom. The van der Waals surface area contributed by atoms with Gasteiger partial charge in [-0.15, -0.1) is 0 Å². The third kappa shape index (κ3) is 7.92. The molecule has 3 heteroatoms. The van der Waals surface area contributed by atoms with Crippen molar-refractivity contribution in [2.24, 2.45) is 0 Å². The number of ether oxygens (including phenoxy) is 1. The Labute approximate surface area is 80.1 Å². The third-order valence-electron chi connectivity index (χ3n) is 1.77. The standard InChI is InChI=1S/C9H18O2S/c1-11-9(10)7-5-3-2-4-6-8-12/h12H,2-8H2,1H3. The van der Waals surface area contributed by atoms with E-state index in [2.05, 4.69) is 17.4 Å². The third-order valence-corrected chi connectivity index (χ3v) is 2.08. The van der Waals surface area contributed by atoms with Crippen LogP contribution in [0.3, 0.4) is 0 Å². The number of methoxy groups -OCH3 is 1. The summed E-state index contributed by atoms with van der Waals surface area (Å²) in [5, 5.41) is 0. The van der Waals surface area contributed by atoms with E-state index in [9.17, 15) is 4.79 Å². The Bertz CT molecular complexity index is 115. The van der Waals surface area contributed by atoms with Crippen molar-refractivity contribution in [1.82, 2.24) is 0 Å². The Hall–Kier alpha value is -0.180. The Balaban J connectivity index is 2.95. The van der Waals surface area contributed by atoms with E-state index in [-0.39, 0.29) is 5.97 Å². The van der Waals surface area contributed by atoms with Crippen molar-refractivity contribution in [1.29, 1.82) is 0 Å². The second-order valence-corrected chi connectivity index (χ2v) is 3.26. The van der Waals surface area contributed by atoms with E-state index >= 15 is 0 Å². The number of carbonyl (C=O) groups is 1. The normalized spacial score (nSPS) is 9.83. The van der Waals surface area contributed by atoms with Gasteiger partial charge in [-0.25, -0.2) is 0 Å². The van der Waals surface area contributed by atoms with Gasteiger partial charge in [0.2, 0.25) is 0 Å². The van der Waals surface area contributed by atoms with E-state index < -0.39 is 0 Å². The highest BCUT2D eigenvalue weighted by atomic mass is 32.1. The molecule has 0 saturated heterocycles. The van der Waals surface area contributed by atoms with E-state index in [4.69, 9.17) is 0 Å². The van der Waals surface area contributed by atoms with Crippen molar-refractivity contribution in [2.45, 2.75) is 38.5 Å². The van der Waals surface area contributed by atoms with E-state index in [1.807, 2.05) is 0 Å². The lowest BCUT2D eigenvalue weighted by molar-refractivity contribution is -0.140. The number of thiol groups is 1. The van der Waals surface area contributed by atoms with Gasteiger partial charge >= 0.3 is 5.97 Å². The van der Waals surface area contributed by atoms with Crippen LogP contribution in [0.4, 0.5) is 0 Å². The maximum atomic E-state index is 10.7. The van der Waals surface area contributed by atoms with Crippen LogP contribution in [0.1, 0.15) is 38.5 Å². The van der Waals surface area contributed by atoms with Crippen molar-refractivity contribution in [3.8, 4) is 0 Å². The molecule has 0 bridgehead atoms. The van der Waals surface area contributed by atoms with Crippen LogP contribution in [-0.4, -0.2) is 18.8 Å². The molecule has 12 heavy (non-hydrogen) atoms. The lowest BCUT2D eigenvalue weighted by Gasteiger charge is -1.99. The van der Waals surface area contributed by atoms with Gasteiger partial charge in [0.25, 0.3) is 0 Å². The molecule has 0 aliphatic rings. The molecule has 0 aromatic carbocycles. The van der Waals surface area contributed by atoms with E-state index in [1.165, 1.54) is 26.4 Å². The van der Waals surface area contributed by atoms with Crippen LogP contribution in [-0.2, 0) is 9.53 Å². The van der Waals surface area contributed by atoms with Crippen LogP contribution in [0.5, 0.6) is 0 Å². The minimum Gasteiger partial charge on any atom is -0.469 e. The van der Waals surface area contributed by atoms with Gasteiger partial charge in [0.15, 0.2) is 0 Å². The molecule has 0 rings (SSSR count). The summed E-state index contributed by atoms with van der Waals surface area (Å²) in [6, 6.07) is 0. The number of hydrogen-bond acceptors (Lipinski definition) is 3. The van der Waals surface area contributed by atoms with Gasteiger partial charge in [-0.2, -0.15) is 12.6 Å². The SMILES string of the molecule is COC(=O)CCCCCCCS. The first kappa shape index (κ1) is 11.8. The van der Waals surface area contributed by atoms with E-state index in [0.29, 0.717) is 6.42 Å². The predicted octanol–water partition coefficient (Wildman–Crippen LogP) is 2.43. The first-order valence-corrected chi connectivity index (χ1v) is 5.12. The topological polar surface area (TPSA) is 26.3 Å². The largest absolute Gasteiger partial charge is 0.469 e. The molecule has 72 valence electrons. The molecule has 0 atom stereocenters. The fourth-order valence-electron chi connectivity index (χ4n) is 1.01. The number of carbonyl (C=O) groups excluding carboxylic acids is 1. The number of hydrogen-bond donors (Lipinski definition) is 1. The fraction of sp³-hybridized carbons (Fsp3) is 0.889. The molecule has 0 fully saturated rings. The van der Waals surface area contributed by atoms with Gasteiger partial charge < -0.3 is 4.74 Å². The van der Waals surface area contributed by atoms with Crippen molar-refractivity contribution >= 4 is 18.6 Å². The van der Waals surface area contributed by atoms with Crippen molar-refractivity contribution < 1.29 is 9.53 Å². The second kappa shape index (κ2) is 8.91. The van der Waals surface area contributed by atoms with Crippen LogP contribution < -0.4 is 0 Å². The lowest BCUT2D eigenvalue weighted by Crippen LogP contribution is -1.99. The minimum atomic E-state index is -0.0933. The first-order chi connectivity index (χ1) is 5.81. The summed E-state index contributed by atoms with van der Waals surface area (Å²) in [4.78, 5) is 10.7. The van der Waals surface area contributed by atoms with E-state index in [1.54, 1.807) is 0 Å². The zero-order valence-electron chi connectivity index (χ0n) is 7.71. The molecule has 0 aromatic rings. The summed E-state index contributed by atoms with van der Waals surface area (Å²) >= 11 is 4.12.